The van der Waals surface area contributed by atoms with Crippen LogP contribution in [0.4, 0.5) is 0 Å². The maximum atomic E-state index is 2.46. The molecule has 1 aliphatic carbocycles. The SMILES string of the molecule is CC(C)(C)c1ccc(C(C)(C)C)c(-c2ccc3c(c2)-c2cccc4c(-c5cc(C(C)(C)C)ccc5C(C)(C)C)ccc-3c24)c1. The van der Waals surface area contributed by atoms with E-state index in [9.17, 15) is 0 Å². The first-order valence-electron chi connectivity index (χ1n) is 16.4. The van der Waals surface area contributed by atoms with E-state index < -0.39 is 0 Å². The summed E-state index contributed by atoms with van der Waals surface area (Å²) in [5, 5.41) is 2.73. The molecule has 0 aliphatic heterocycles. The number of hydrogen-bond acceptors (Lipinski definition) is 0. The first-order chi connectivity index (χ1) is 20.4. The Balaban J connectivity index is 1.58. The Kier molecular flexibility index (Phi) is 6.86. The molecule has 0 fully saturated rings. The molecule has 44 heavy (non-hydrogen) atoms. The Morgan fingerprint density at radius 2 is 0.841 bits per heavy atom. The van der Waals surface area contributed by atoms with E-state index in [1.165, 1.54) is 77.5 Å². The quantitative estimate of drug-likeness (QED) is 0.192. The van der Waals surface area contributed by atoms with Crippen LogP contribution in [0.5, 0.6) is 0 Å². The van der Waals surface area contributed by atoms with Crippen LogP contribution in [0.25, 0.3) is 55.3 Å². The van der Waals surface area contributed by atoms with E-state index in [2.05, 4.69) is 168 Å². The second-order valence-corrected chi connectivity index (χ2v) is 17.2. The molecule has 0 N–H and O–H groups in total. The number of fused-ring (bicyclic) bond motifs is 3. The van der Waals surface area contributed by atoms with E-state index in [0.717, 1.165) is 0 Å². The summed E-state index contributed by atoms with van der Waals surface area (Å²) in [5.41, 5.74) is 16.6. The van der Waals surface area contributed by atoms with Crippen LogP contribution in [0.3, 0.4) is 0 Å². The van der Waals surface area contributed by atoms with Crippen molar-refractivity contribution >= 4 is 10.8 Å². The third-order valence-corrected chi connectivity index (χ3v) is 9.63. The Labute approximate surface area is 266 Å². The van der Waals surface area contributed by atoms with Crippen molar-refractivity contribution in [2.75, 3.05) is 0 Å². The fourth-order valence-electron chi connectivity index (χ4n) is 7.05. The minimum atomic E-state index is 0.0404. The molecule has 226 valence electrons. The molecule has 6 rings (SSSR count). The molecule has 5 aromatic carbocycles. The van der Waals surface area contributed by atoms with Crippen LogP contribution in [0, 0.1) is 0 Å². The van der Waals surface area contributed by atoms with Crippen LogP contribution in [-0.2, 0) is 21.7 Å². The summed E-state index contributed by atoms with van der Waals surface area (Å²) in [4.78, 5) is 0. The highest BCUT2D eigenvalue weighted by Crippen LogP contribution is 2.51. The number of rotatable bonds is 2. The van der Waals surface area contributed by atoms with Crippen LogP contribution < -0.4 is 0 Å². The normalized spacial score (nSPS) is 13.5. The van der Waals surface area contributed by atoms with Crippen LogP contribution in [0.2, 0.25) is 0 Å². The molecule has 0 saturated carbocycles. The lowest BCUT2D eigenvalue weighted by Gasteiger charge is -2.27. The topological polar surface area (TPSA) is 0 Å². The van der Waals surface area contributed by atoms with E-state index in [0.29, 0.717) is 0 Å². The van der Waals surface area contributed by atoms with E-state index >= 15 is 0 Å². The molecule has 0 bridgehead atoms. The van der Waals surface area contributed by atoms with Crippen LogP contribution in [0.15, 0.2) is 84.9 Å². The molecule has 0 aromatic heterocycles. The molecule has 0 heterocycles. The van der Waals surface area contributed by atoms with Gasteiger partial charge >= 0.3 is 0 Å². The van der Waals surface area contributed by atoms with E-state index in [-0.39, 0.29) is 21.7 Å². The molecular weight excluding hydrogens is 528 g/mol. The molecule has 0 atom stereocenters. The van der Waals surface area contributed by atoms with Gasteiger partial charge in [0.25, 0.3) is 0 Å². The Morgan fingerprint density at radius 1 is 0.341 bits per heavy atom. The second-order valence-electron chi connectivity index (χ2n) is 17.2. The first kappa shape index (κ1) is 30.4. The smallest absolute Gasteiger partial charge is 0.00201 e. The second kappa shape index (κ2) is 9.93. The van der Waals surface area contributed by atoms with Gasteiger partial charge in [0.2, 0.25) is 0 Å². The van der Waals surface area contributed by atoms with Gasteiger partial charge < -0.3 is 0 Å². The highest BCUT2D eigenvalue weighted by atomic mass is 14.3. The summed E-state index contributed by atoms with van der Waals surface area (Å²) < 4.78 is 0. The van der Waals surface area contributed by atoms with Gasteiger partial charge in [-0.1, -0.05) is 162 Å². The van der Waals surface area contributed by atoms with Crippen molar-refractivity contribution in [3.63, 3.8) is 0 Å². The van der Waals surface area contributed by atoms with Gasteiger partial charge in [-0.15, -0.1) is 0 Å². The van der Waals surface area contributed by atoms with E-state index in [1.807, 2.05) is 0 Å². The standard InChI is InChI=1S/C44H50/c1-41(2,3)28-17-22-38(43(7,8)9)35(25-28)27-16-19-30-34-21-20-31(32-14-13-15-33(40(32)34)36(30)24-27)37-26-29(42(4,5)6)18-23-39(37)44(10,11)12/h13-26H,1-12H3. The third kappa shape index (κ3) is 5.11. The fourth-order valence-corrected chi connectivity index (χ4v) is 7.05. The van der Waals surface area contributed by atoms with Crippen molar-refractivity contribution in [2.45, 2.75) is 105 Å². The summed E-state index contributed by atoms with van der Waals surface area (Å²) in [5.74, 6) is 0. The minimum Gasteiger partial charge on any atom is -0.0610 e. The number of hydrogen-bond donors (Lipinski definition) is 0. The maximum absolute atomic E-state index is 2.46. The molecule has 5 aromatic rings. The van der Waals surface area contributed by atoms with Crippen molar-refractivity contribution < 1.29 is 0 Å². The highest BCUT2D eigenvalue weighted by Gasteiger charge is 2.28. The molecular formula is C44H50. The molecule has 0 radical (unpaired) electrons. The summed E-state index contributed by atoms with van der Waals surface area (Å²) >= 11 is 0. The lowest BCUT2D eigenvalue weighted by molar-refractivity contribution is 0.578. The van der Waals surface area contributed by atoms with Gasteiger partial charge in [0.15, 0.2) is 0 Å². The van der Waals surface area contributed by atoms with Crippen LogP contribution in [0.1, 0.15) is 105 Å². The zero-order chi connectivity index (χ0) is 32.0. The zero-order valence-corrected chi connectivity index (χ0v) is 29.1. The Bertz CT molecular complexity index is 1920. The average Bonchev–Trinajstić information content (AvgIpc) is 3.25. The fraction of sp³-hybridized carbons (Fsp3) is 0.364. The van der Waals surface area contributed by atoms with Gasteiger partial charge in [-0.25, -0.2) is 0 Å². The maximum Gasteiger partial charge on any atom is -0.00201 e. The summed E-state index contributed by atoms with van der Waals surface area (Å²) in [6.45, 7) is 27.8. The summed E-state index contributed by atoms with van der Waals surface area (Å²) in [6, 6.07) is 33.2. The van der Waals surface area contributed by atoms with Crippen molar-refractivity contribution in [1.29, 1.82) is 0 Å². The van der Waals surface area contributed by atoms with Crippen molar-refractivity contribution in [1.82, 2.24) is 0 Å². The van der Waals surface area contributed by atoms with Gasteiger partial charge in [0, 0.05) is 0 Å². The van der Waals surface area contributed by atoms with Gasteiger partial charge in [0.1, 0.15) is 0 Å². The number of benzene rings is 5. The average molecular weight is 579 g/mol. The van der Waals surface area contributed by atoms with Gasteiger partial charge in [0.05, 0.1) is 0 Å². The Morgan fingerprint density at radius 3 is 1.41 bits per heavy atom. The third-order valence-electron chi connectivity index (χ3n) is 9.63. The predicted octanol–water partition coefficient (Wildman–Crippen LogP) is 13.0. The highest BCUT2D eigenvalue weighted by molar-refractivity contribution is 6.19. The largest absolute Gasteiger partial charge is 0.0610 e. The van der Waals surface area contributed by atoms with Gasteiger partial charge in [-0.2, -0.15) is 0 Å². The van der Waals surface area contributed by atoms with Crippen molar-refractivity contribution in [2.24, 2.45) is 0 Å². The van der Waals surface area contributed by atoms with Gasteiger partial charge in [-0.05, 0) is 105 Å². The lowest BCUT2D eigenvalue weighted by atomic mass is 9.77. The zero-order valence-electron chi connectivity index (χ0n) is 29.1. The summed E-state index contributed by atoms with van der Waals surface area (Å²) in [6.07, 6.45) is 0. The van der Waals surface area contributed by atoms with Crippen LogP contribution in [-0.4, -0.2) is 0 Å². The minimum absolute atomic E-state index is 0.0404. The van der Waals surface area contributed by atoms with E-state index in [1.54, 1.807) is 0 Å². The molecule has 0 nitrogen and oxygen atoms in total. The molecule has 1 aliphatic rings. The molecule has 0 heteroatoms. The molecule has 0 saturated heterocycles. The van der Waals surface area contributed by atoms with Crippen LogP contribution >= 0.6 is 0 Å². The van der Waals surface area contributed by atoms with E-state index in [4.69, 9.17) is 0 Å². The first-order valence-corrected chi connectivity index (χ1v) is 16.4. The van der Waals surface area contributed by atoms with Crippen molar-refractivity contribution in [3.05, 3.63) is 107 Å². The molecule has 0 spiro atoms. The monoisotopic (exact) mass is 578 g/mol. The summed E-state index contributed by atoms with van der Waals surface area (Å²) in [7, 11) is 0. The lowest BCUT2D eigenvalue weighted by Crippen LogP contribution is -2.16. The van der Waals surface area contributed by atoms with Gasteiger partial charge in [-0.3, -0.25) is 0 Å². The molecule has 0 unspecified atom stereocenters. The van der Waals surface area contributed by atoms with Crippen molar-refractivity contribution in [3.8, 4) is 44.5 Å². The molecule has 0 amide bonds. The Hall–Kier alpha value is -3.64. The predicted molar refractivity (Wildman–Crippen MR) is 194 cm³/mol.